The van der Waals surface area contributed by atoms with E-state index in [1.807, 2.05) is 0 Å². The molecule has 18 heavy (non-hydrogen) atoms. The van der Waals surface area contributed by atoms with Crippen LogP contribution in [-0.2, 0) is 27.8 Å². The molecule has 100 valence electrons. The molecule has 0 saturated heterocycles. The number of nitrogens with two attached hydrogens (primary N) is 1. The van der Waals surface area contributed by atoms with Crippen molar-refractivity contribution < 1.29 is 18.3 Å². The van der Waals surface area contributed by atoms with Gasteiger partial charge in [0.2, 0.25) is 10.0 Å². The van der Waals surface area contributed by atoms with Crippen molar-refractivity contribution >= 4 is 16.0 Å². The summed E-state index contributed by atoms with van der Waals surface area (Å²) in [6.07, 6.45) is 1.34. The molecule has 7 heteroatoms. The van der Waals surface area contributed by atoms with E-state index in [0.29, 0.717) is 0 Å². The molecule has 0 aromatic heterocycles. The van der Waals surface area contributed by atoms with Crippen LogP contribution in [0.4, 0.5) is 0 Å². The van der Waals surface area contributed by atoms with Gasteiger partial charge >= 0.3 is 5.97 Å². The molecule has 1 aromatic carbocycles. The molecule has 0 aliphatic rings. The molecule has 0 amide bonds. The number of sulfonamides is 1. The van der Waals surface area contributed by atoms with Crippen molar-refractivity contribution in [3.8, 4) is 0 Å². The summed E-state index contributed by atoms with van der Waals surface area (Å²) in [5, 5.41) is 8.67. The maximum atomic E-state index is 10.9. The molecule has 0 fully saturated rings. The number of aliphatic carboxylic acids is 1. The van der Waals surface area contributed by atoms with Crippen molar-refractivity contribution in [2.75, 3.05) is 6.26 Å². The second kappa shape index (κ2) is 5.94. The zero-order valence-electron chi connectivity index (χ0n) is 9.96. The van der Waals surface area contributed by atoms with Crippen molar-refractivity contribution in [1.82, 2.24) is 4.72 Å². The normalized spacial score (nSPS) is 13.2. The highest BCUT2D eigenvalue weighted by atomic mass is 32.2. The Morgan fingerprint density at radius 3 is 2.28 bits per heavy atom. The number of nitrogens with one attached hydrogen (secondary N) is 1. The topological polar surface area (TPSA) is 109 Å². The maximum Gasteiger partial charge on any atom is 0.320 e. The molecule has 1 rings (SSSR count). The Bertz CT molecular complexity index is 510. The van der Waals surface area contributed by atoms with Crippen LogP contribution in [0.15, 0.2) is 24.3 Å². The first-order valence-electron chi connectivity index (χ1n) is 5.29. The van der Waals surface area contributed by atoms with E-state index in [4.69, 9.17) is 10.8 Å². The largest absolute Gasteiger partial charge is 0.480 e. The van der Waals surface area contributed by atoms with Gasteiger partial charge in [0.1, 0.15) is 6.04 Å². The van der Waals surface area contributed by atoms with Crippen LogP contribution in [0.5, 0.6) is 0 Å². The number of hydrogen-bond acceptors (Lipinski definition) is 4. The minimum absolute atomic E-state index is 0.212. The molecule has 1 atom stereocenters. The number of hydrogen-bond donors (Lipinski definition) is 3. The van der Waals surface area contributed by atoms with Gasteiger partial charge in [-0.15, -0.1) is 0 Å². The molecule has 0 bridgehead atoms. The number of carbonyl (C=O) groups is 1. The van der Waals surface area contributed by atoms with Crippen molar-refractivity contribution in [3.05, 3.63) is 35.4 Å². The lowest BCUT2D eigenvalue weighted by Gasteiger charge is -2.07. The van der Waals surface area contributed by atoms with Gasteiger partial charge in [0, 0.05) is 6.54 Å². The fraction of sp³-hybridized carbons (Fsp3) is 0.364. The molecule has 0 heterocycles. The van der Waals surface area contributed by atoms with Crippen molar-refractivity contribution in [3.63, 3.8) is 0 Å². The fourth-order valence-electron chi connectivity index (χ4n) is 1.35. The summed E-state index contributed by atoms with van der Waals surface area (Å²) in [4.78, 5) is 10.6. The second-order valence-corrected chi connectivity index (χ2v) is 5.89. The van der Waals surface area contributed by atoms with E-state index in [-0.39, 0.29) is 13.0 Å². The summed E-state index contributed by atoms with van der Waals surface area (Å²) in [6, 6.07) is 6.03. The van der Waals surface area contributed by atoms with Gasteiger partial charge in [0.25, 0.3) is 0 Å². The van der Waals surface area contributed by atoms with E-state index < -0.39 is 22.0 Å². The summed E-state index contributed by atoms with van der Waals surface area (Å²) in [5.41, 5.74) is 7.01. The summed E-state index contributed by atoms with van der Waals surface area (Å²) in [7, 11) is -3.21. The second-order valence-electron chi connectivity index (χ2n) is 4.06. The van der Waals surface area contributed by atoms with Gasteiger partial charge in [-0.3, -0.25) is 4.79 Å². The molecule has 1 unspecified atom stereocenters. The Balaban J connectivity index is 2.60. The zero-order chi connectivity index (χ0) is 13.8. The molecule has 0 aliphatic heterocycles. The lowest BCUT2D eigenvalue weighted by atomic mass is 10.0. The van der Waals surface area contributed by atoms with Gasteiger partial charge in [-0.1, -0.05) is 24.3 Å². The van der Waals surface area contributed by atoms with E-state index in [1.54, 1.807) is 24.3 Å². The summed E-state index contributed by atoms with van der Waals surface area (Å²) >= 11 is 0. The quantitative estimate of drug-likeness (QED) is 0.658. The molecular weight excluding hydrogens is 256 g/mol. The number of carboxylic acids is 1. The van der Waals surface area contributed by atoms with Crippen LogP contribution in [0.3, 0.4) is 0 Å². The fourth-order valence-corrected chi connectivity index (χ4v) is 1.78. The summed E-state index contributed by atoms with van der Waals surface area (Å²) in [5.74, 6) is -1.04. The average molecular weight is 272 g/mol. The third-order valence-electron chi connectivity index (χ3n) is 2.33. The van der Waals surface area contributed by atoms with Crippen molar-refractivity contribution in [1.29, 1.82) is 0 Å². The third-order valence-corrected chi connectivity index (χ3v) is 3.00. The van der Waals surface area contributed by atoms with Gasteiger partial charge in [0.15, 0.2) is 0 Å². The maximum absolute atomic E-state index is 10.9. The highest BCUT2D eigenvalue weighted by Crippen LogP contribution is 2.06. The Hall–Kier alpha value is -1.44. The van der Waals surface area contributed by atoms with Gasteiger partial charge in [-0.05, 0) is 17.5 Å². The van der Waals surface area contributed by atoms with Gasteiger partial charge in [-0.25, -0.2) is 13.1 Å². The van der Waals surface area contributed by atoms with Crippen LogP contribution < -0.4 is 10.5 Å². The molecule has 0 aliphatic carbocycles. The summed E-state index contributed by atoms with van der Waals surface area (Å²) in [6.45, 7) is 0.212. The van der Waals surface area contributed by atoms with E-state index in [1.165, 1.54) is 0 Å². The predicted molar refractivity (Wildman–Crippen MR) is 67.4 cm³/mol. The minimum atomic E-state index is -3.21. The van der Waals surface area contributed by atoms with Crippen molar-refractivity contribution in [2.45, 2.75) is 19.0 Å². The Morgan fingerprint density at radius 1 is 1.33 bits per heavy atom. The van der Waals surface area contributed by atoms with Gasteiger partial charge in [-0.2, -0.15) is 0 Å². The highest BCUT2D eigenvalue weighted by molar-refractivity contribution is 7.88. The Morgan fingerprint density at radius 2 is 1.83 bits per heavy atom. The SMILES string of the molecule is CS(=O)(=O)NCc1ccc(CC(N)C(=O)O)cc1. The molecular formula is C11H16N2O4S. The van der Waals surface area contributed by atoms with E-state index in [9.17, 15) is 13.2 Å². The minimum Gasteiger partial charge on any atom is -0.480 e. The highest BCUT2D eigenvalue weighted by Gasteiger charge is 2.11. The molecule has 0 radical (unpaired) electrons. The van der Waals surface area contributed by atoms with E-state index in [0.717, 1.165) is 17.4 Å². The lowest BCUT2D eigenvalue weighted by molar-refractivity contribution is -0.138. The molecule has 1 aromatic rings. The van der Waals surface area contributed by atoms with Crippen LogP contribution in [-0.4, -0.2) is 31.8 Å². The first-order chi connectivity index (χ1) is 8.28. The third kappa shape index (κ3) is 5.26. The average Bonchev–Trinajstić information content (AvgIpc) is 2.27. The standard InChI is InChI=1S/C11H16N2O4S/c1-18(16,17)13-7-9-4-2-8(3-5-9)6-10(12)11(14)15/h2-5,10,13H,6-7,12H2,1H3,(H,14,15). The Kier molecular flexibility index (Phi) is 4.83. The van der Waals surface area contributed by atoms with Crippen molar-refractivity contribution in [2.24, 2.45) is 5.73 Å². The van der Waals surface area contributed by atoms with Gasteiger partial charge in [0.05, 0.1) is 6.26 Å². The number of rotatable bonds is 6. The molecule has 4 N–H and O–H groups in total. The number of carboxylic acid groups (broad SMARTS) is 1. The van der Waals surface area contributed by atoms with Crippen LogP contribution >= 0.6 is 0 Å². The van der Waals surface area contributed by atoms with Crippen LogP contribution in [0.2, 0.25) is 0 Å². The van der Waals surface area contributed by atoms with E-state index >= 15 is 0 Å². The number of benzene rings is 1. The lowest BCUT2D eigenvalue weighted by Crippen LogP contribution is -2.32. The monoisotopic (exact) mass is 272 g/mol. The van der Waals surface area contributed by atoms with Crippen LogP contribution in [0.25, 0.3) is 0 Å². The molecule has 0 spiro atoms. The molecule has 6 nitrogen and oxygen atoms in total. The summed E-state index contributed by atoms with van der Waals surface area (Å²) < 4.78 is 24.2. The smallest absolute Gasteiger partial charge is 0.320 e. The first kappa shape index (κ1) is 14.6. The first-order valence-corrected chi connectivity index (χ1v) is 7.18. The van der Waals surface area contributed by atoms with Crippen LogP contribution in [0, 0.1) is 0 Å². The predicted octanol–water partition coefficient (Wildman–Crippen LogP) is -0.310. The van der Waals surface area contributed by atoms with E-state index in [2.05, 4.69) is 4.72 Å². The Labute approximate surface area is 106 Å². The van der Waals surface area contributed by atoms with Crippen LogP contribution in [0.1, 0.15) is 11.1 Å². The molecule has 0 saturated carbocycles. The zero-order valence-corrected chi connectivity index (χ0v) is 10.8. The van der Waals surface area contributed by atoms with Gasteiger partial charge < -0.3 is 10.8 Å².